The molecule has 2 heteroatoms. The van der Waals surface area contributed by atoms with Crippen molar-refractivity contribution in [1.29, 1.82) is 0 Å². The van der Waals surface area contributed by atoms with Crippen LogP contribution in [-0.2, 0) is 0 Å². The molecule has 1 unspecified atom stereocenters. The summed E-state index contributed by atoms with van der Waals surface area (Å²) in [4.78, 5) is 0. The van der Waals surface area contributed by atoms with Gasteiger partial charge in [0.2, 0.25) is 0 Å². The lowest BCUT2D eigenvalue weighted by atomic mass is 9.81. The third-order valence-electron chi connectivity index (χ3n) is 3.44. The van der Waals surface area contributed by atoms with Gasteiger partial charge in [0.25, 0.3) is 0 Å². The number of benzene rings is 1. The predicted octanol–water partition coefficient (Wildman–Crippen LogP) is 3.78. The number of fused-ring (bicyclic) bond motifs is 1. The molecule has 1 aliphatic heterocycles. The van der Waals surface area contributed by atoms with E-state index in [1.54, 1.807) is 12.2 Å². The van der Waals surface area contributed by atoms with Crippen molar-refractivity contribution < 1.29 is 4.39 Å². The standard InChI is InChI=1S/C15H14FN/c1-15-8-7-12(16)9-14(15)17-13(10-15)11-5-3-2-4-6-11/h2-7,9-10,17H,8H2,1H3. The maximum Gasteiger partial charge on any atom is 0.121 e. The van der Waals surface area contributed by atoms with E-state index in [9.17, 15) is 4.39 Å². The first-order valence-corrected chi connectivity index (χ1v) is 5.80. The Labute approximate surface area is 100 Å². The second-order valence-corrected chi connectivity index (χ2v) is 4.82. The summed E-state index contributed by atoms with van der Waals surface area (Å²) < 4.78 is 13.2. The Hall–Kier alpha value is -1.83. The maximum absolute atomic E-state index is 13.2. The molecule has 2 aliphatic rings. The molecule has 0 aromatic heterocycles. The highest BCUT2D eigenvalue weighted by molar-refractivity contribution is 5.71. The summed E-state index contributed by atoms with van der Waals surface area (Å²) in [6, 6.07) is 10.1. The van der Waals surface area contributed by atoms with Gasteiger partial charge in [-0.15, -0.1) is 0 Å². The summed E-state index contributed by atoms with van der Waals surface area (Å²) in [5, 5.41) is 3.32. The molecule has 1 N–H and O–H groups in total. The van der Waals surface area contributed by atoms with Crippen molar-refractivity contribution in [2.75, 3.05) is 0 Å². The van der Waals surface area contributed by atoms with Gasteiger partial charge in [0.05, 0.1) is 0 Å². The van der Waals surface area contributed by atoms with Gasteiger partial charge in [-0.05, 0) is 30.2 Å². The molecule has 17 heavy (non-hydrogen) atoms. The largest absolute Gasteiger partial charge is 0.358 e. The van der Waals surface area contributed by atoms with Crippen molar-refractivity contribution in [3.05, 3.63) is 65.6 Å². The van der Waals surface area contributed by atoms with Gasteiger partial charge in [0, 0.05) is 16.8 Å². The molecule has 1 aromatic carbocycles. The minimum Gasteiger partial charge on any atom is -0.358 e. The van der Waals surface area contributed by atoms with E-state index in [1.807, 2.05) is 18.2 Å². The van der Waals surface area contributed by atoms with Crippen LogP contribution in [0.15, 0.2) is 60.1 Å². The van der Waals surface area contributed by atoms with E-state index in [4.69, 9.17) is 0 Å². The van der Waals surface area contributed by atoms with Crippen molar-refractivity contribution in [2.45, 2.75) is 13.3 Å². The highest BCUT2D eigenvalue weighted by Crippen LogP contribution is 2.43. The number of halogens is 1. The number of hydrogen-bond donors (Lipinski definition) is 1. The molecule has 0 radical (unpaired) electrons. The molecular weight excluding hydrogens is 213 g/mol. The summed E-state index contributed by atoms with van der Waals surface area (Å²) in [6.07, 6.45) is 6.15. The molecule has 0 amide bonds. The smallest absolute Gasteiger partial charge is 0.121 e. The van der Waals surface area contributed by atoms with Crippen LogP contribution in [0.5, 0.6) is 0 Å². The van der Waals surface area contributed by atoms with E-state index >= 15 is 0 Å². The summed E-state index contributed by atoms with van der Waals surface area (Å²) in [6.45, 7) is 2.13. The summed E-state index contributed by atoms with van der Waals surface area (Å²) in [7, 11) is 0. The van der Waals surface area contributed by atoms with Crippen LogP contribution in [0.3, 0.4) is 0 Å². The average molecular weight is 227 g/mol. The number of allylic oxidation sites excluding steroid dienone is 4. The van der Waals surface area contributed by atoms with Gasteiger partial charge in [0.15, 0.2) is 0 Å². The van der Waals surface area contributed by atoms with Crippen LogP contribution in [0.1, 0.15) is 18.9 Å². The van der Waals surface area contributed by atoms with E-state index in [-0.39, 0.29) is 11.2 Å². The van der Waals surface area contributed by atoms with Crippen molar-refractivity contribution in [3.8, 4) is 0 Å². The zero-order chi connectivity index (χ0) is 11.9. The average Bonchev–Trinajstić information content (AvgIpc) is 2.68. The number of nitrogens with one attached hydrogen (secondary N) is 1. The van der Waals surface area contributed by atoms with Crippen LogP contribution in [0, 0.1) is 5.41 Å². The zero-order valence-electron chi connectivity index (χ0n) is 9.70. The highest BCUT2D eigenvalue weighted by Gasteiger charge is 2.35. The Balaban J connectivity index is 1.99. The third-order valence-corrected chi connectivity index (χ3v) is 3.44. The molecule has 0 spiro atoms. The molecule has 1 atom stereocenters. The van der Waals surface area contributed by atoms with E-state index in [2.05, 4.69) is 30.4 Å². The number of rotatable bonds is 1. The van der Waals surface area contributed by atoms with Crippen molar-refractivity contribution in [2.24, 2.45) is 5.41 Å². The molecule has 1 nitrogen and oxygen atoms in total. The Morgan fingerprint density at radius 2 is 2.00 bits per heavy atom. The van der Waals surface area contributed by atoms with Crippen LogP contribution in [0.2, 0.25) is 0 Å². The fourth-order valence-corrected chi connectivity index (χ4v) is 2.37. The van der Waals surface area contributed by atoms with E-state index in [1.165, 1.54) is 0 Å². The quantitative estimate of drug-likeness (QED) is 0.770. The highest BCUT2D eigenvalue weighted by atomic mass is 19.1. The first-order chi connectivity index (χ1) is 8.17. The van der Waals surface area contributed by atoms with Gasteiger partial charge in [-0.3, -0.25) is 0 Å². The minimum atomic E-state index is -0.146. The summed E-state index contributed by atoms with van der Waals surface area (Å²) in [5.74, 6) is -0.146. The Morgan fingerprint density at radius 1 is 1.24 bits per heavy atom. The minimum absolute atomic E-state index is 0.0826. The lowest BCUT2D eigenvalue weighted by molar-refractivity contribution is 0.495. The molecule has 1 aliphatic carbocycles. The molecule has 0 saturated carbocycles. The summed E-state index contributed by atoms with van der Waals surface area (Å²) in [5.41, 5.74) is 3.09. The Kier molecular flexibility index (Phi) is 2.18. The van der Waals surface area contributed by atoms with Crippen molar-refractivity contribution in [1.82, 2.24) is 5.32 Å². The van der Waals surface area contributed by atoms with Crippen LogP contribution in [-0.4, -0.2) is 0 Å². The Morgan fingerprint density at radius 3 is 2.76 bits per heavy atom. The lowest BCUT2D eigenvalue weighted by Gasteiger charge is -2.24. The van der Waals surface area contributed by atoms with E-state index in [0.29, 0.717) is 6.42 Å². The molecule has 0 bridgehead atoms. The van der Waals surface area contributed by atoms with Crippen LogP contribution >= 0.6 is 0 Å². The molecule has 1 aromatic rings. The normalized spacial score (nSPS) is 26.6. The van der Waals surface area contributed by atoms with E-state index < -0.39 is 0 Å². The van der Waals surface area contributed by atoms with Crippen LogP contribution < -0.4 is 5.32 Å². The second-order valence-electron chi connectivity index (χ2n) is 4.82. The van der Waals surface area contributed by atoms with Crippen LogP contribution in [0.25, 0.3) is 5.70 Å². The molecule has 86 valence electrons. The van der Waals surface area contributed by atoms with Crippen molar-refractivity contribution >= 4 is 5.70 Å². The fraction of sp³-hybridized carbons (Fsp3) is 0.200. The van der Waals surface area contributed by atoms with Crippen LogP contribution in [0.4, 0.5) is 4.39 Å². The van der Waals surface area contributed by atoms with Gasteiger partial charge in [-0.2, -0.15) is 0 Å². The first-order valence-electron chi connectivity index (χ1n) is 5.80. The van der Waals surface area contributed by atoms with Crippen molar-refractivity contribution in [3.63, 3.8) is 0 Å². The third kappa shape index (κ3) is 1.70. The topological polar surface area (TPSA) is 12.0 Å². The second kappa shape index (κ2) is 3.59. The summed E-state index contributed by atoms with van der Waals surface area (Å²) >= 11 is 0. The van der Waals surface area contributed by atoms with Gasteiger partial charge in [-0.1, -0.05) is 37.3 Å². The van der Waals surface area contributed by atoms with E-state index in [0.717, 1.165) is 17.0 Å². The molecule has 3 rings (SSSR count). The molecule has 0 saturated heterocycles. The van der Waals surface area contributed by atoms with Gasteiger partial charge >= 0.3 is 0 Å². The predicted molar refractivity (Wildman–Crippen MR) is 67.6 cm³/mol. The monoisotopic (exact) mass is 227 g/mol. The molecule has 1 heterocycles. The first kappa shape index (κ1) is 10.3. The molecule has 0 fully saturated rings. The van der Waals surface area contributed by atoms with Gasteiger partial charge < -0.3 is 5.32 Å². The lowest BCUT2D eigenvalue weighted by Crippen LogP contribution is -2.20. The SMILES string of the molecule is CC12C=C(c3ccccc3)NC1=CC(F)=CC2. The zero-order valence-corrected chi connectivity index (χ0v) is 9.70. The maximum atomic E-state index is 13.2. The van der Waals surface area contributed by atoms with Gasteiger partial charge in [-0.25, -0.2) is 4.39 Å². The molecular formula is C15H14FN. The number of hydrogen-bond acceptors (Lipinski definition) is 1. The van der Waals surface area contributed by atoms with Gasteiger partial charge in [0.1, 0.15) is 5.83 Å². The fourth-order valence-electron chi connectivity index (χ4n) is 2.37. The Bertz CT molecular complexity index is 539.